The fraction of sp³-hybridized carbons (Fsp3) is 0.0769. The van der Waals surface area contributed by atoms with Crippen LogP contribution in [0, 0.1) is 0 Å². The molecule has 0 unspecified atom stereocenters. The summed E-state index contributed by atoms with van der Waals surface area (Å²) in [6.07, 6.45) is 1.74. The van der Waals surface area contributed by atoms with Crippen LogP contribution >= 0.6 is 15.9 Å². The van der Waals surface area contributed by atoms with Crippen LogP contribution in [0.4, 0.5) is 5.82 Å². The summed E-state index contributed by atoms with van der Waals surface area (Å²) in [6.45, 7) is 0. The first-order chi connectivity index (χ1) is 8.78. The lowest BCUT2D eigenvalue weighted by Gasteiger charge is -2.01. The molecule has 4 nitrogen and oxygen atoms in total. The minimum absolute atomic E-state index is 0.110. The van der Waals surface area contributed by atoms with Crippen molar-refractivity contribution in [2.45, 2.75) is 0 Å². The third-order valence-corrected chi connectivity index (χ3v) is 3.29. The lowest BCUT2D eigenvalue weighted by molar-refractivity contribution is -0.113. The number of amides is 1. The second-order valence-electron chi connectivity index (χ2n) is 3.97. The predicted molar refractivity (Wildman–Crippen MR) is 76.0 cm³/mol. The monoisotopic (exact) mass is 303 g/mol. The number of hydrogen-bond donors (Lipinski definition) is 2. The van der Waals surface area contributed by atoms with Gasteiger partial charge in [-0.25, -0.2) is 4.98 Å². The molecule has 18 heavy (non-hydrogen) atoms. The van der Waals surface area contributed by atoms with E-state index in [4.69, 9.17) is 0 Å². The molecule has 0 spiro atoms. The maximum Gasteiger partial charge on any atom is 0.236 e. The van der Waals surface area contributed by atoms with Gasteiger partial charge in [0.05, 0.1) is 17.0 Å². The van der Waals surface area contributed by atoms with Crippen molar-refractivity contribution >= 4 is 49.5 Å². The van der Waals surface area contributed by atoms with E-state index in [1.807, 2.05) is 30.3 Å². The SMILES string of the molecule is O=C(CBr)Nc1cc2c(cn1)[nH]c1ccccc12. The zero-order valence-corrected chi connectivity index (χ0v) is 11.0. The molecule has 3 aromatic rings. The number of fused-ring (bicyclic) bond motifs is 3. The van der Waals surface area contributed by atoms with Crippen LogP contribution in [0.5, 0.6) is 0 Å². The summed E-state index contributed by atoms with van der Waals surface area (Å²) < 4.78 is 0. The number of nitrogens with one attached hydrogen (secondary N) is 2. The van der Waals surface area contributed by atoms with Crippen molar-refractivity contribution in [3.8, 4) is 0 Å². The Hall–Kier alpha value is -1.88. The first-order valence-corrected chi connectivity index (χ1v) is 6.62. The molecular formula is C13H10BrN3O. The van der Waals surface area contributed by atoms with Crippen LogP contribution in [-0.2, 0) is 4.79 Å². The van der Waals surface area contributed by atoms with E-state index < -0.39 is 0 Å². The van der Waals surface area contributed by atoms with Gasteiger partial charge in [-0.05, 0) is 12.1 Å². The molecule has 0 saturated carbocycles. The lowest BCUT2D eigenvalue weighted by atomic mass is 10.2. The highest BCUT2D eigenvalue weighted by Gasteiger charge is 2.06. The number of nitrogens with zero attached hydrogens (tertiary/aromatic N) is 1. The Morgan fingerprint density at radius 2 is 2.11 bits per heavy atom. The van der Waals surface area contributed by atoms with Gasteiger partial charge in [0, 0.05) is 16.3 Å². The first kappa shape index (κ1) is 11.2. The van der Waals surface area contributed by atoms with Crippen LogP contribution in [0.3, 0.4) is 0 Å². The van der Waals surface area contributed by atoms with Crippen LogP contribution < -0.4 is 5.32 Å². The number of carbonyl (C=O) groups excluding carboxylic acids is 1. The molecule has 2 aromatic heterocycles. The standard InChI is InChI=1S/C13H10BrN3O/c14-6-13(18)17-12-5-9-8-3-1-2-4-10(8)16-11(9)7-15-12/h1-5,7,16H,6H2,(H,15,17,18). The van der Waals surface area contributed by atoms with Gasteiger partial charge in [0.2, 0.25) is 5.91 Å². The van der Waals surface area contributed by atoms with Crippen LogP contribution in [0.25, 0.3) is 21.8 Å². The summed E-state index contributed by atoms with van der Waals surface area (Å²) in [6, 6.07) is 9.93. The number of anilines is 1. The lowest BCUT2D eigenvalue weighted by Crippen LogP contribution is -2.13. The van der Waals surface area contributed by atoms with Crippen molar-refractivity contribution in [2.75, 3.05) is 10.6 Å². The van der Waals surface area contributed by atoms with E-state index in [1.165, 1.54) is 0 Å². The van der Waals surface area contributed by atoms with Crippen LogP contribution in [-0.4, -0.2) is 21.2 Å². The Bertz CT molecular complexity index is 735. The summed E-state index contributed by atoms with van der Waals surface area (Å²) in [7, 11) is 0. The van der Waals surface area contributed by atoms with Gasteiger partial charge >= 0.3 is 0 Å². The number of halogens is 1. The van der Waals surface area contributed by atoms with Gasteiger partial charge in [0.25, 0.3) is 0 Å². The maximum atomic E-state index is 11.3. The van der Waals surface area contributed by atoms with Crippen molar-refractivity contribution < 1.29 is 4.79 Å². The van der Waals surface area contributed by atoms with E-state index in [2.05, 4.69) is 31.2 Å². The number of pyridine rings is 1. The van der Waals surface area contributed by atoms with Gasteiger partial charge in [-0.1, -0.05) is 34.1 Å². The van der Waals surface area contributed by atoms with Gasteiger partial charge in [-0.15, -0.1) is 0 Å². The van der Waals surface area contributed by atoms with Crippen molar-refractivity contribution in [1.82, 2.24) is 9.97 Å². The fourth-order valence-corrected chi connectivity index (χ4v) is 2.13. The summed E-state index contributed by atoms with van der Waals surface area (Å²) in [4.78, 5) is 18.8. The zero-order valence-electron chi connectivity index (χ0n) is 9.40. The van der Waals surface area contributed by atoms with Gasteiger partial charge < -0.3 is 10.3 Å². The summed E-state index contributed by atoms with van der Waals surface area (Å²) in [5.41, 5.74) is 2.03. The van der Waals surface area contributed by atoms with E-state index in [0.717, 1.165) is 21.8 Å². The van der Waals surface area contributed by atoms with E-state index in [9.17, 15) is 4.79 Å². The number of para-hydroxylation sites is 1. The molecule has 3 rings (SSSR count). The molecule has 2 heterocycles. The average Bonchev–Trinajstić information content (AvgIpc) is 2.77. The molecule has 1 aromatic carbocycles. The molecule has 2 N–H and O–H groups in total. The van der Waals surface area contributed by atoms with Crippen molar-refractivity contribution in [2.24, 2.45) is 0 Å². The highest BCUT2D eigenvalue weighted by atomic mass is 79.9. The molecule has 0 aliphatic rings. The minimum atomic E-state index is -0.110. The Morgan fingerprint density at radius 1 is 1.28 bits per heavy atom. The predicted octanol–water partition coefficient (Wildman–Crippen LogP) is 3.05. The van der Waals surface area contributed by atoms with Gasteiger partial charge in [0.15, 0.2) is 0 Å². The van der Waals surface area contributed by atoms with E-state index in [1.54, 1.807) is 6.20 Å². The molecule has 0 saturated heterocycles. The summed E-state index contributed by atoms with van der Waals surface area (Å²) in [5.74, 6) is 0.457. The normalized spacial score (nSPS) is 10.9. The number of rotatable bonds is 2. The molecule has 5 heteroatoms. The molecule has 1 amide bonds. The zero-order chi connectivity index (χ0) is 12.5. The summed E-state index contributed by atoms with van der Waals surface area (Å²) in [5, 5.41) is 5.18. The molecule has 0 bridgehead atoms. The number of hydrogen-bond acceptors (Lipinski definition) is 2. The first-order valence-electron chi connectivity index (χ1n) is 5.50. The Balaban J connectivity index is 2.15. The van der Waals surface area contributed by atoms with Crippen molar-refractivity contribution in [1.29, 1.82) is 0 Å². The summed E-state index contributed by atoms with van der Waals surface area (Å²) >= 11 is 3.11. The van der Waals surface area contributed by atoms with Crippen LogP contribution in [0.15, 0.2) is 36.5 Å². The number of aromatic amines is 1. The van der Waals surface area contributed by atoms with E-state index >= 15 is 0 Å². The third-order valence-electron chi connectivity index (χ3n) is 2.78. The Kier molecular flexibility index (Phi) is 2.76. The molecule has 0 fully saturated rings. The topological polar surface area (TPSA) is 57.8 Å². The number of benzene rings is 1. The Morgan fingerprint density at radius 3 is 2.94 bits per heavy atom. The maximum absolute atomic E-state index is 11.3. The third kappa shape index (κ3) is 1.86. The van der Waals surface area contributed by atoms with Crippen LogP contribution in [0.1, 0.15) is 0 Å². The molecular weight excluding hydrogens is 294 g/mol. The highest BCUT2D eigenvalue weighted by Crippen LogP contribution is 2.26. The fourth-order valence-electron chi connectivity index (χ4n) is 1.99. The van der Waals surface area contributed by atoms with E-state index in [0.29, 0.717) is 5.82 Å². The van der Waals surface area contributed by atoms with Gasteiger partial charge in [0.1, 0.15) is 5.82 Å². The number of H-pyrrole nitrogens is 1. The number of carbonyl (C=O) groups is 1. The number of alkyl halides is 1. The van der Waals surface area contributed by atoms with Crippen LogP contribution in [0.2, 0.25) is 0 Å². The molecule has 0 atom stereocenters. The van der Waals surface area contributed by atoms with Crippen molar-refractivity contribution in [3.63, 3.8) is 0 Å². The molecule has 0 radical (unpaired) electrons. The number of aromatic nitrogens is 2. The van der Waals surface area contributed by atoms with Gasteiger partial charge in [-0.3, -0.25) is 4.79 Å². The highest BCUT2D eigenvalue weighted by molar-refractivity contribution is 9.09. The van der Waals surface area contributed by atoms with Crippen molar-refractivity contribution in [3.05, 3.63) is 36.5 Å². The molecule has 90 valence electrons. The second-order valence-corrected chi connectivity index (χ2v) is 4.53. The molecule has 0 aliphatic carbocycles. The molecule has 0 aliphatic heterocycles. The largest absolute Gasteiger partial charge is 0.353 e. The Labute approximate surface area is 112 Å². The average molecular weight is 304 g/mol. The van der Waals surface area contributed by atoms with E-state index in [-0.39, 0.29) is 11.2 Å². The second kappa shape index (κ2) is 4.42. The smallest absolute Gasteiger partial charge is 0.236 e. The van der Waals surface area contributed by atoms with Gasteiger partial charge in [-0.2, -0.15) is 0 Å². The quantitative estimate of drug-likeness (QED) is 0.715. The minimum Gasteiger partial charge on any atom is -0.353 e.